The van der Waals surface area contributed by atoms with Gasteiger partial charge >= 0.3 is 0 Å². The van der Waals surface area contributed by atoms with Gasteiger partial charge in [-0.05, 0) is 18.8 Å². The minimum absolute atomic E-state index is 0.0281. The Bertz CT molecular complexity index is 110. The molecule has 1 aliphatic rings. The molecule has 0 unspecified atom stereocenters. The van der Waals surface area contributed by atoms with Crippen LogP contribution in [0.2, 0.25) is 0 Å². The molecule has 3 nitrogen and oxygen atoms in total. The summed E-state index contributed by atoms with van der Waals surface area (Å²) in [4.78, 5) is 10.6. The van der Waals surface area contributed by atoms with E-state index < -0.39 is 0 Å². The minimum atomic E-state index is -0.0281. The Morgan fingerprint density at radius 2 is 2.33 bits per heavy atom. The highest BCUT2D eigenvalue weighted by atomic mass is 16.2. The predicted octanol–water partition coefficient (Wildman–Crippen LogP) is 0.166. The van der Waals surface area contributed by atoms with Crippen LogP contribution in [0.15, 0.2) is 0 Å². The summed E-state index contributed by atoms with van der Waals surface area (Å²) in [6.45, 7) is 0. The number of nitrogens with two attached hydrogens (primary N) is 1. The first-order valence-corrected chi connectivity index (χ1v) is 3.32. The van der Waals surface area contributed by atoms with Gasteiger partial charge in [-0.3, -0.25) is 10.2 Å². The van der Waals surface area contributed by atoms with Gasteiger partial charge in [0.15, 0.2) is 0 Å². The van der Waals surface area contributed by atoms with Crippen LogP contribution < -0.4 is 11.3 Å². The van der Waals surface area contributed by atoms with Gasteiger partial charge in [0, 0.05) is 6.42 Å². The normalized spacial score (nSPS) is 18.8. The van der Waals surface area contributed by atoms with Crippen LogP contribution in [-0.2, 0) is 4.79 Å². The highest BCUT2D eigenvalue weighted by Gasteiger charge is 2.19. The van der Waals surface area contributed by atoms with E-state index in [2.05, 4.69) is 5.43 Å². The SMILES string of the molecule is NNC(=O)CC1CCC1. The summed E-state index contributed by atoms with van der Waals surface area (Å²) in [5, 5.41) is 0. The quantitative estimate of drug-likeness (QED) is 0.316. The molecule has 1 aliphatic carbocycles. The Morgan fingerprint density at radius 3 is 2.67 bits per heavy atom. The maximum absolute atomic E-state index is 10.6. The van der Waals surface area contributed by atoms with Crippen molar-refractivity contribution in [2.24, 2.45) is 11.8 Å². The molecule has 0 heterocycles. The number of amides is 1. The fraction of sp³-hybridized carbons (Fsp3) is 0.833. The Balaban J connectivity index is 2.09. The van der Waals surface area contributed by atoms with Crippen molar-refractivity contribution in [3.05, 3.63) is 0 Å². The van der Waals surface area contributed by atoms with Crippen molar-refractivity contribution < 1.29 is 4.79 Å². The van der Waals surface area contributed by atoms with E-state index in [1.165, 1.54) is 19.3 Å². The smallest absolute Gasteiger partial charge is 0.234 e. The molecule has 0 aromatic heterocycles. The summed E-state index contributed by atoms with van der Waals surface area (Å²) < 4.78 is 0. The lowest BCUT2D eigenvalue weighted by Crippen LogP contribution is -2.32. The predicted molar refractivity (Wildman–Crippen MR) is 34.3 cm³/mol. The van der Waals surface area contributed by atoms with Gasteiger partial charge in [0.05, 0.1) is 0 Å². The lowest BCUT2D eigenvalue weighted by atomic mass is 9.83. The van der Waals surface area contributed by atoms with E-state index in [1.54, 1.807) is 0 Å². The topological polar surface area (TPSA) is 55.1 Å². The summed E-state index contributed by atoms with van der Waals surface area (Å²) in [5.74, 6) is 5.49. The van der Waals surface area contributed by atoms with Crippen molar-refractivity contribution in [1.29, 1.82) is 0 Å². The van der Waals surface area contributed by atoms with E-state index in [-0.39, 0.29) is 5.91 Å². The summed E-state index contributed by atoms with van der Waals surface area (Å²) >= 11 is 0. The molecular weight excluding hydrogens is 116 g/mol. The van der Waals surface area contributed by atoms with Crippen molar-refractivity contribution in [1.82, 2.24) is 5.43 Å². The number of nitrogens with one attached hydrogen (secondary N) is 1. The molecule has 0 radical (unpaired) electrons. The maximum Gasteiger partial charge on any atom is 0.234 e. The van der Waals surface area contributed by atoms with Crippen molar-refractivity contribution in [2.45, 2.75) is 25.7 Å². The second-order valence-electron chi connectivity index (χ2n) is 2.57. The fourth-order valence-corrected chi connectivity index (χ4v) is 1.02. The molecule has 0 aromatic carbocycles. The number of carbonyl (C=O) groups is 1. The summed E-state index contributed by atoms with van der Waals surface area (Å²) in [7, 11) is 0. The van der Waals surface area contributed by atoms with Crippen molar-refractivity contribution in [3.8, 4) is 0 Å². The molecule has 0 bridgehead atoms. The van der Waals surface area contributed by atoms with Gasteiger partial charge in [0.25, 0.3) is 0 Å². The zero-order valence-electron chi connectivity index (χ0n) is 5.39. The molecule has 1 saturated carbocycles. The zero-order chi connectivity index (χ0) is 6.69. The maximum atomic E-state index is 10.6. The third-order valence-electron chi connectivity index (χ3n) is 1.86. The Kier molecular flexibility index (Phi) is 2.05. The van der Waals surface area contributed by atoms with E-state index in [1.807, 2.05) is 0 Å². The van der Waals surface area contributed by atoms with E-state index in [9.17, 15) is 4.79 Å². The molecule has 3 heteroatoms. The molecule has 1 fully saturated rings. The largest absolute Gasteiger partial charge is 0.294 e. The molecule has 1 amide bonds. The molecule has 1 rings (SSSR count). The van der Waals surface area contributed by atoms with Crippen LogP contribution in [0.4, 0.5) is 0 Å². The Labute approximate surface area is 54.6 Å². The first-order chi connectivity index (χ1) is 4.33. The monoisotopic (exact) mass is 128 g/mol. The molecule has 0 aliphatic heterocycles. The standard InChI is InChI=1S/C6H12N2O/c7-8-6(9)4-5-2-1-3-5/h5H,1-4,7H2,(H,8,9). The van der Waals surface area contributed by atoms with E-state index in [0.29, 0.717) is 12.3 Å². The summed E-state index contributed by atoms with van der Waals surface area (Å²) in [6.07, 6.45) is 4.31. The number of rotatable bonds is 2. The molecule has 0 saturated heterocycles. The van der Waals surface area contributed by atoms with Gasteiger partial charge in [-0.1, -0.05) is 6.42 Å². The molecule has 3 N–H and O–H groups in total. The average molecular weight is 128 g/mol. The second kappa shape index (κ2) is 2.82. The van der Waals surface area contributed by atoms with Crippen LogP contribution in [0.5, 0.6) is 0 Å². The van der Waals surface area contributed by atoms with Crippen LogP contribution in [0.1, 0.15) is 25.7 Å². The highest BCUT2D eigenvalue weighted by molar-refractivity contribution is 5.75. The summed E-state index contributed by atoms with van der Waals surface area (Å²) in [6, 6.07) is 0. The van der Waals surface area contributed by atoms with E-state index in [0.717, 1.165) is 0 Å². The number of hydrazine groups is 1. The van der Waals surface area contributed by atoms with Gasteiger partial charge in [-0.25, -0.2) is 5.84 Å². The Hall–Kier alpha value is -0.570. The molecule has 0 atom stereocenters. The van der Waals surface area contributed by atoms with Gasteiger partial charge < -0.3 is 0 Å². The van der Waals surface area contributed by atoms with Crippen LogP contribution >= 0.6 is 0 Å². The first kappa shape index (κ1) is 6.55. The summed E-state index contributed by atoms with van der Waals surface area (Å²) in [5.41, 5.74) is 2.13. The van der Waals surface area contributed by atoms with Crippen molar-refractivity contribution in [2.75, 3.05) is 0 Å². The lowest BCUT2D eigenvalue weighted by molar-refractivity contribution is -0.122. The highest BCUT2D eigenvalue weighted by Crippen LogP contribution is 2.28. The van der Waals surface area contributed by atoms with Crippen LogP contribution in [0.25, 0.3) is 0 Å². The third kappa shape index (κ3) is 1.68. The van der Waals surface area contributed by atoms with Crippen LogP contribution in [0.3, 0.4) is 0 Å². The van der Waals surface area contributed by atoms with E-state index >= 15 is 0 Å². The van der Waals surface area contributed by atoms with Crippen molar-refractivity contribution in [3.63, 3.8) is 0 Å². The molecule has 0 aromatic rings. The van der Waals surface area contributed by atoms with Gasteiger partial charge in [-0.2, -0.15) is 0 Å². The third-order valence-corrected chi connectivity index (χ3v) is 1.86. The van der Waals surface area contributed by atoms with Gasteiger partial charge in [0.1, 0.15) is 0 Å². The van der Waals surface area contributed by atoms with Gasteiger partial charge in [-0.15, -0.1) is 0 Å². The molecular formula is C6H12N2O. The molecule has 9 heavy (non-hydrogen) atoms. The molecule has 0 spiro atoms. The first-order valence-electron chi connectivity index (χ1n) is 3.32. The lowest BCUT2D eigenvalue weighted by Gasteiger charge is -2.23. The zero-order valence-corrected chi connectivity index (χ0v) is 5.39. The van der Waals surface area contributed by atoms with Crippen molar-refractivity contribution >= 4 is 5.91 Å². The Morgan fingerprint density at radius 1 is 1.67 bits per heavy atom. The number of carbonyl (C=O) groups excluding carboxylic acids is 1. The number of hydrogen-bond donors (Lipinski definition) is 2. The van der Waals surface area contributed by atoms with E-state index in [4.69, 9.17) is 5.84 Å². The second-order valence-corrected chi connectivity index (χ2v) is 2.57. The van der Waals surface area contributed by atoms with Crippen LogP contribution in [-0.4, -0.2) is 5.91 Å². The van der Waals surface area contributed by atoms with Gasteiger partial charge in [0.2, 0.25) is 5.91 Å². The molecule has 52 valence electrons. The number of hydrogen-bond acceptors (Lipinski definition) is 2. The fourth-order valence-electron chi connectivity index (χ4n) is 1.02. The minimum Gasteiger partial charge on any atom is -0.294 e. The average Bonchev–Trinajstić information content (AvgIpc) is 1.78. The van der Waals surface area contributed by atoms with Crippen LogP contribution in [0, 0.1) is 5.92 Å².